The molecular weight excluding hydrogens is 372 g/mol. The number of hydrogen-bond acceptors (Lipinski definition) is 5. The molecule has 154 valence electrons. The summed E-state index contributed by atoms with van der Waals surface area (Å²) in [5.74, 6) is -1.73. The zero-order valence-corrected chi connectivity index (χ0v) is 16.7. The first-order valence-corrected chi connectivity index (χ1v) is 9.92. The van der Waals surface area contributed by atoms with E-state index >= 15 is 0 Å². The molecule has 2 atom stereocenters. The molecule has 0 aromatic heterocycles. The normalized spacial score (nSPS) is 20.7. The van der Waals surface area contributed by atoms with Gasteiger partial charge in [0.2, 0.25) is 11.8 Å². The number of amides is 3. The van der Waals surface area contributed by atoms with Gasteiger partial charge in [0.15, 0.2) is 6.61 Å². The van der Waals surface area contributed by atoms with Crippen molar-refractivity contribution in [3.8, 4) is 0 Å². The van der Waals surface area contributed by atoms with Crippen molar-refractivity contribution >= 4 is 29.4 Å². The topological polar surface area (TPSA) is 92.8 Å². The Kier molecular flexibility index (Phi) is 6.46. The highest BCUT2D eigenvalue weighted by Gasteiger charge is 2.46. The van der Waals surface area contributed by atoms with Gasteiger partial charge in [-0.3, -0.25) is 24.1 Å². The number of carbonyl (C=O) groups excluding carboxylic acids is 4. The predicted octanol–water partition coefficient (Wildman–Crippen LogP) is 2.63. The molecule has 7 heteroatoms. The summed E-state index contributed by atoms with van der Waals surface area (Å²) in [5, 5.41) is 2.67. The van der Waals surface area contributed by atoms with E-state index in [2.05, 4.69) is 19.2 Å². The van der Waals surface area contributed by atoms with Gasteiger partial charge in [0, 0.05) is 12.2 Å². The highest BCUT2D eigenvalue weighted by molar-refractivity contribution is 6.05. The summed E-state index contributed by atoms with van der Waals surface area (Å²) in [6, 6.07) is 7.47. The molecule has 0 spiro atoms. The van der Waals surface area contributed by atoms with E-state index in [1.54, 1.807) is 12.1 Å². The summed E-state index contributed by atoms with van der Waals surface area (Å²) in [4.78, 5) is 49.8. The van der Waals surface area contributed by atoms with Crippen LogP contribution in [0.5, 0.6) is 0 Å². The molecule has 7 nitrogen and oxygen atoms in total. The summed E-state index contributed by atoms with van der Waals surface area (Å²) >= 11 is 0. The van der Waals surface area contributed by atoms with E-state index in [1.807, 2.05) is 24.3 Å². The number of esters is 1. The quantitative estimate of drug-likeness (QED) is 0.433. The van der Waals surface area contributed by atoms with E-state index in [9.17, 15) is 19.2 Å². The molecule has 3 amide bonds. The van der Waals surface area contributed by atoms with E-state index in [0.29, 0.717) is 24.4 Å². The Morgan fingerprint density at radius 3 is 2.21 bits per heavy atom. The number of likely N-dealkylation sites (tertiary alicyclic amines) is 1. The molecule has 1 saturated heterocycles. The fraction of sp³-hybridized carbons (Fsp3) is 0.455. The second-order valence-electron chi connectivity index (χ2n) is 7.72. The number of nitrogens with zero attached hydrogens (tertiary/aromatic N) is 1. The lowest BCUT2D eigenvalue weighted by Gasteiger charge is -2.14. The molecule has 2 aliphatic rings. The Labute approximate surface area is 170 Å². The average molecular weight is 398 g/mol. The van der Waals surface area contributed by atoms with Crippen LogP contribution in [0.4, 0.5) is 5.69 Å². The molecule has 0 unspecified atom stereocenters. The maximum Gasteiger partial charge on any atom is 0.308 e. The average Bonchev–Trinajstić information content (AvgIpc) is 2.95. The first-order chi connectivity index (χ1) is 13.9. The Hall–Kier alpha value is -2.96. The van der Waals surface area contributed by atoms with Gasteiger partial charge in [0.05, 0.1) is 18.3 Å². The maximum absolute atomic E-state index is 12.4. The first kappa shape index (κ1) is 20.8. The second-order valence-corrected chi connectivity index (χ2v) is 7.72. The van der Waals surface area contributed by atoms with Crippen LogP contribution in [-0.4, -0.2) is 41.7 Å². The van der Waals surface area contributed by atoms with Gasteiger partial charge in [0.25, 0.3) is 5.91 Å². The number of nitrogens with one attached hydrogen (secondary N) is 1. The summed E-state index contributed by atoms with van der Waals surface area (Å²) in [5.41, 5.74) is 1.79. The highest BCUT2D eigenvalue weighted by Crippen LogP contribution is 2.35. The molecule has 0 saturated carbocycles. The Bertz CT molecular complexity index is 802. The van der Waals surface area contributed by atoms with Gasteiger partial charge >= 0.3 is 5.97 Å². The van der Waals surface area contributed by atoms with Crippen LogP contribution in [0.2, 0.25) is 0 Å². The molecule has 1 aliphatic heterocycles. The molecule has 29 heavy (non-hydrogen) atoms. The van der Waals surface area contributed by atoms with Crippen molar-refractivity contribution in [1.82, 2.24) is 4.90 Å². The van der Waals surface area contributed by atoms with Gasteiger partial charge in [-0.1, -0.05) is 38.1 Å². The van der Waals surface area contributed by atoms with E-state index in [0.717, 1.165) is 10.5 Å². The van der Waals surface area contributed by atoms with Crippen molar-refractivity contribution in [2.75, 3.05) is 18.5 Å². The SMILES string of the molecule is CC(C)c1ccc(NC(=O)COC(=O)CCN2C(=O)[C@@H]3CC=CC[C@H]3C2=O)cc1. The number of rotatable bonds is 7. The van der Waals surface area contributed by atoms with E-state index in [-0.39, 0.29) is 36.6 Å². The molecule has 1 aromatic carbocycles. The molecule has 0 bridgehead atoms. The van der Waals surface area contributed by atoms with Crippen LogP contribution >= 0.6 is 0 Å². The van der Waals surface area contributed by atoms with E-state index in [4.69, 9.17) is 4.74 Å². The third kappa shape index (κ3) is 4.91. The van der Waals surface area contributed by atoms with Crippen molar-refractivity contribution in [3.63, 3.8) is 0 Å². The minimum absolute atomic E-state index is 0.0121. The summed E-state index contributed by atoms with van der Waals surface area (Å²) in [6.07, 6.45) is 4.84. The maximum atomic E-state index is 12.4. The van der Waals surface area contributed by atoms with Crippen molar-refractivity contribution in [3.05, 3.63) is 42.0 Å². The number of fused-ring (bicyclic) bond motifs is 1. The molecular formula is C22H26N2O5. The Morgan fingerprint density at radius 2 is 1.66 bits per heavy atom. The standard InChI is InChI=1S/C22H26N2O5/c1-14(2)15-7-9-16(10-8-15)23-19(25)13-29-20(26)11-12-24-21(27)17-5-3-4-6-18(17)22(24)28/h3-4,7-10,14,17-18H,5-6,11-13H2,1-2H3,(H,23,25)/t17-,18-/m1/s1. The van der Waals surface area contributed by atoms with Gasteiger partial charge in [-0.05, 0) is 36.5 Å². The number of carbonyl (C=O) groups is 4. The van der Waals surface area contributed by atoms with E-state index in [1.165, 1.54) is 0 Å². The molecule has 1 heterocycles. The number of ether oxygens (including phenoxy) is 1. The van der Waals surface area contributed by atoms with Crippen molar-refractivity contribution in [1.29, 1.82) is 0 Å². The van der Waals surface area contributed by atoms with Gasteiger partial charge in [-0.25, -0.2) is 0 Å². The summed E-state index contributed by atoms with van der Waals surface area (Å²) in [7, 11) is 0. The van der Waals surface area contributed by atoms with Crippen LogP contribution < -0.4 is 5.32 Å². The third-order valence-corrected chi connectivity index (χ3v) is 5.36. The van der Waals surface area contributed by atoms with Gasteiger partial charge in [-0.2, -0.15) is 0 Å². The molecule has 3 rings (SSSR count). The van der Waals surface area contributed by atoms with Gasteiger partial charge in [-0.15, -0.1) is 0 Å². The van der Waals surface area contributed by atoms with Crippen LogP contribution in [0.3, 0.4) is 0 Å². The van der Waals surface area contributed by atoms with Crippen LogP contribution in [-0.2, 0) is 23.9 Å². The van der Waals surface area contributed by atoms with Crippen LogP contribution in [0.25, 0.3) is 0 Å². The minimum atomic E-state index is -0.621. The van der Waals surface area contributed by atoms with E-state index < -0.39 is 18.5 Å². The van der Waals surface area contributed by atoms with Gasteiger partial charge < -0.3 is 10.1 Å². The zero-order chi connectivity index (χ0) is 21.0. The lowest BCUT2D eigenvalue weighted by molar-refractivity contribution is -0.148. The number of anilines is 1. The number of allylic oxidation sites excluding steroid dienone is 2. The lowest BCUT2D eigenvalue weighted by Crippen LogP contribution is -2.33. The summed E-state index contributed by atoms with van der Waals surface area (Å²) < 4.78 is 4.97. The minimum Gasteiger partial charge on any atom is -0.456 e. The first-order valence-electron chi connectivity index (χ1n) is 9.92. The predicted molar refractivity (Wildman–Crippen MR) is 107 cm³/mol. The summed E-state index contributed by atoms with van der Waals surface area (Å²) in [6.45, 7) is 3.74. The Balaban J connectivity index is 1.41. The smallest absolute Gasteiger partial charge is 0.308 e. The van der Waals surface area contributed by atoms with Crippen LogP contribution in [0.15, 0.2) is 36.4 Å². The number of benzene rings is 1. The van der Waals surface area contributed by atoms with Crippen LogP contribution in [0.1, 0.15) is 44.6 Å². The zero-order valence-electron chi connectivity index (χ0n) is 16.7. The molecule has 1 aromatic rings. The highest BCUT2D eigenvalue weighted by atomic mass is 16.5. The monoisotopic (exact) mass is 398 g/mol. The number of imide groups is 1. The largest absolute Gasteiger partial charge is 0.456 e. The molecule has 1 aliphatic carbocycles. The molecule has 1 fully saturated rings. The van der Waals surface area contributed by atoms with Crippen molar-refractivity contribution < 1.29 is 23.9 Å². The third-order valence-electron chi connectivity index (χ3n) is 5.36. The second kappa shape index (κ2) is 9.03. The lowest BCUT2D eigenvalue weighted by atomic mass is 9.85. The molecule has 0 radical (unpaired) electrons. The van der Waals surface area contributed by atoms with Crippen molar-refractivity contribution in [2.24, 2.45) is 11.8 Å². The van der Waals surface area contributed by atoms with Gasteiger partial charge in [0.1, 0.15) is 0 Å². The van der Waals surface area contributed by atoms with Crippen LogP contribution in [0, 0.1) is 11.8 Å². The fourth-order valence-electron chi connectivity index (χ4n) is 3.66. The Morgan fingerprint density at radius 1 is 1.07 bits per heavy atom. The number of hydrogen-bond donors (Lipinski definition) is 1. The van der Waals surface area contributed by atoms with Crippen molar-refractivity contribution in [2.45, 2.75) is 39.0 Å². The molecule has 1 N–H and O–H groups in total. The fourth-order valence-corrected chi connectivity index (χ4v) is 3.66.